The van der Waals surface area contributed by atoms with Crippen LogP contribution in [0.1, 0.15) is 67.6 Å². The Labute approximate surface area is 101 Å². The monoisotopic (exact) mass is 237 g/mol. The Bertz CT molecular complexity index is 393. The lowest BCUT2D eigenvalue weighted by molar-refractivity contribution is 0.0486. The van der Waals surface area contributed by atoms with E-state index in [1.807, 2.05) is 0 Å². The summed E-state index contributed by atoms with van der Waals surface area (Å²) in [6.07, 6.45) is 5.14. The van der Waals surface area contributed by atoms with Crippen LogP contribution in [0.15, 0.2) is 4.42 Å². The van der Waals surface area contributed by atoms with Gasteiger partial charge >= 0.3 is 5.97 Å². The third-order valence-corrected chi connectivity index (χ3v) is 2.87. The summed E-state index contributed by atoms with van der Waals surface area (Å²) in [5, 5.41) is 0. The number of carbonyl (C=O) groups is 1. The van der Waals surface area contributed by atoms with Crippen molar-refractivity contribution in [3.63, 3.8) is 0 Å². The number of aryl methyl sites for hydroxylation is 1. The van der Waals surface area contributed by atoms with Crippen LogP contribution in [0.2, 0.25) is 0 Å². The third kappa shape index (κ3) is 2.87. The van der Waals surface area contributed by atoms with Gasteiger partial charge in [0.2, 0.25) is 5.76 Å². The summed E-state index contributed by atoms with van der Waals surface area (Å²) in [5.41, 5.74) is 0.814. The van der Waals surface area contributed by atoms with Crippen molar-refractivity contribution in [1.29, 1.82) is 0 Å². The molecule has 0 aliphatic heterocycles. The fourth-order valence-corrected chi connectivity index (χ4v) is 1.79. The molecule has 17 heavy (non-hydrogen) atoms. The van der Waals surface area contributed by atoms with Crippen LogP contribution >= 0.6 is 0 Å². The highest BCUT2D eigenvalue weighted by Gasteiger charge is 2.33. The van der Waals surface area contributed by atoms with Crippen LogP contribution in [0.25, 0.3) is 0 Å². The second-order valence-corrected chi connectivity index (χ2v) is 4.42. The lowest BCUT2D eigenvalue weighted by Crippen LogP contribution is -2.05. The number of unbranched alkanes of at least 4 members (excludes halogenated alkanes) is 1. The molecular weight excluding hydrogens is 218 g/mol. The Morgan fingerprint density at radius 3 is 2.82 bits per heavy atom. The van der Waals surface area contributed by atoms with Crippen LogP contribution in [-0.2, 0) is 11.2 Å². The van der Waals surface area contributed by atoms with E-state index in [9.17, 15) is 4.79 Å². The minimum absolute atomic E-state index is 0.334. The van der Waals surface area contributed by atoms with E-state index in [4.69, 9.17) is 9.15 Å². The molecule has 2 rings (SSSR count). The van der Waals surface area contributed by atoms with Crippen molar-refractivity contribution >= 4 is 5.97 Å². The summed E-state index contributed by atoms with van der Waals surface area (Å²) in [6.45, 7) is 4.29. The van der Waals surface area contributed by atoms with E-state index < -0.39 is 0 Å². The molecule has 1 saturated carbocycles. The van der Waals surface area contributed by atoms with Crippen molar-refractivity contribution in [2.45, 2.75) is 51.9 Å². The number of oxazole rings is 1. The number of nitrogens with zero attached hydrogens (tertiary/aromatic N) is 1. The molecule has 4 heteroatoms. The summed E-state index contributed by atoms with van der Waals surface area (Å²) in [4.78, 5) is 16.2. The van der Waals surface area contributed by atoms with Crippen LogP contribution in [0.3, 0.4) is 0 Å². The average Bonchev–Trinajstić information content (AvgIpc) is 3.07. The molecule has 0 aromatic carbocycles. The van der Waals surface area contributed by atoms with Crippen molar-refractivity contribution in [1.82, 2.24) is 4.98 Å². The normalized spacial score (nSPS) is 14.9. The molecule has 1 aliphatic rings. The van der Waals surface area contributed by atoms with Gasteiger partial charge in [0.15, 0.2) is 5.89 Å². The molecular formula is C13H19NO3. The van der Waals surface area contributed by atoms with Gasteiger partial charge in [-0.2, -0.15) is 0 Å². The molecule has 1 aromatic rings. The first kappa shape index (κ1) is 12.1. The zero-order chi connectivity index (χ0) is 12.3. The van der Waals surface area contributed by atoms with Crippen LogP contribution in [0.4, 0.5) is 0 Å². The number of aromatic nitrogens is 1. The van der Waals surface area contributed by atoms with E-state index >= 15 is 0 Å². The van der Waals surface area contributed by atoms with E-state index in [0.29, 0.717) is 24.2 Å². The highest BCUT2D eigenvalue weighted by Crippen LogP contribution is 2.41. The second-order valence-electron chi connectivity index (χ2n) is 4.42. The van der Waals surface area contributed by atoms with Gasteiger partial charge in [0.05, 0.1) is 12.3 Å². The standard InChI is InChI=1S/C13H19NO3/c1-3-5-6-10-14-11(9-7-8-9)12(17-10)13(15)16-4-2/h9H,3-8H2,1-2H3. The number of rotatable bonds is 6. The van der Waals surface area contributed by atoms with Gasteiger partial charge in [-0.3, -0.25) is 0 Å². The lowest BCUT2D eigenvalue weighted by Gasteiger charge is -1.98. The molecule has 0 bridgehead atoms. The highest BCUT2D eigenvalue weighted by atomic mass is 16.5. The average molecular weight is 237 g/mol. The Kier molecular flexibility index (Phi) is 3.82. The minimum atomic E-state index is -0.371. The van der Waals surface area contributed by atoms with Gasteiger partial charge in [0, 0.05) is 12.3 Å². The van der Waals surface area contributed by atoms with E-state index in [-0.39, 0.29) is 5.97 Å². The molecule has 1 heterocycles. The van der Waals surface area contributed by atoms with Crippen molar-refractivity contribution in [3.8, 4) is 0 Å². The molecule has 1 fully saturated rings. The number of hydrogen-bond donors (Lipinski definition) is 0. The molecule has 0 spiro atoms. The largest absolute Gasteiger partial charge is 0.460 e. The molecule has 1 aliphatic carbocycles. The summed E-state index contributed by atoms with van der Waals surface area (Å²) in [7, 11) is 0. The van der Waals surface area contributed by atoms with Crippen molar-refractivity contribution < 1.29 is 13.9 Å². The molecule has 0 atom stereocenters. The van der Waals surface area contributed by atoms with Crippen molar-refractivity contribution in [2.24, 2.45) is 0 Å². The third-order valence-electron chi connectivity index (χ3n) is 2.87. The summed E-state index contributed by atoms with van der Waals surface area (Å²) in [5.74, 6) is 1.05. The van der Waals surface area contributed by atoms with E-state index in [0.717, 1.165) is 37.8 Å². The Balaban J connectivity index is 2.16. The maximum atomic E-state index is 11.7. The van der Waals surface area contributed by atoms with Gasteiger partial charge in [0.25, 0.3) is 0 Å². The number of carbonyl (C=O) groups excluding carboxylic acids is 1. The summed E-state index contributed by atoms with van der Waals surface area (Å²) < 4.78 is 10.5. The van der Waals surface area contributed by atoms with Crippen LogP contribution in [-0.4, -0.2) is 17.6 Å². The predicted molar refractivity (Wildman–Crippen MR) is 63.0 cm³/mol. The molecule has 0 N–H and O–H groups in total. The number of ether oxygens (including phenoxy) is 1. The zero-order valence-corrected chi connectivity index (χ0v) is 10.5. The molecule has 0 unspecified atom stereocenters. The highest BCUT2D eigenvalue weighted by molar-refractivity contribution is 5.87. The Morgan fingerprint density at radius 2 is 2.24 bits per heavy atom. The van der Waals surface area contributed by atoms with Gasteiger partial charge in [0.1, 0.15) is 0 Å². The van der Waals surface area contributed by atoms with Gasteiger partial charge in [-0.1, -0.05) is 13.3 Å². The van der Waals surface area contributed by atoms with Gasteiger partial charge < -0.3 is 9.15 Å². The zero-order valence-electron chi connectivity index (χ0n) is 10.5. The Morgan fingerprint density at radius 1 is 1.47 bits per heavy atom. The first-order chi connectivity index (χ1) is 8.26. The molecule has 0 radical (unpaired) electrons. The first-order valence-electron chi connectivity index (χ1n) is 6.43. The summed E-state index contributed by atoms with van der Waals surface area (Å²) in [6, 6.07) is 0. The quantitative estimate of drug-likeness (QED) is 0.713. The van der Waals surface area contributed by atoms with Gasteiger partial charge in [-0.15, -0.1) is 0 Å². The van der Waals surface area contributed by atoms with E-state index in [1.54, 1.807) is 6.92 Å². The van der Waals surface area contributed by atoms with Crippen LogP contribution in [0, 0.1) is 0 Å². The van der Waals surface area contributed by atoms with Crippen molar-refractivity contribution in [2.75, 3.05) is 6.61 Å². The predicted octanol–water partition coefficient (Wildman–Crippen LogP) is 3.07. The molecule has 94 valence electrons. The maximum absolute atomic E-state index is 11.7. The summed E-state index contributed by atoms with van der Waals surface area (Å²) >= 11 is 0. The lowest BCUT2D eigenvalue weighted by atomic mass is 10.2. The first-order valence-corrected chi connectivity index (χ1v) is 6.43. The SMILES string of the molecule is CCCCc1nc(C2CC2)c(C(=O)OCC)o1. The molecule has 1 aromatic heterocycles. The number of hydrogen-bond acceptors (Lipinski definition) is 4. The van der Waals surface area contributed by atoms with Gasteiger partial charge in [-0.25, -0.2) is 9.78 Å². The van der Waals surface area contributed by atoms with Gasteiger partial charge in [-0.05, 0) is 26.2 Å². The topological polar surface area (TPSA) is 52.3 Å². The van der Waals surface area contributed by atoms with E-state index in [1.165, 1.54) is 0 Å². The minimum Gasteiger partial charge on any atom is -0.460 e. The Hall–Kier alpha value is -1.32. The second kappa shape index (κ2) is 5.34. The van der Waals surface area contributed by atoms with Crippen LogP contribution in [0.5, 0.6) is 0 Å². The van der Waals surface area contributed by atoms with E-state index in [2.05, 4.69) is 11.9 Å². The number of esters is 1. The molecule has 0 saturated heterocycles. The smallest absolute Gasteiger partial charge is 0.376 e. The fraction of sp³-hybridized carbons (Fsp3) is 0.692. The molecule has 4 nitrogen and oxygen atoms in total. The molecule has 0 amide bonds. The maximum Gasteiger partial charge on any atom is 0.376 e. The van der Waals surface area contributed by atoms with Crippen molar-refractivity contribution in [3.05, 3.63) is 17.3 Å². The van der Waals surface area contributed by atoms with Crippen LogP contribution < -0.4 is 0 Å². The fourth-order valence-electron chi connectivity index (χ4n) is 1.79.